The molecule has 218 valence electrons. The molecule has 0 spiro atoms. The Balaban J connectivity index is 1.43. The molecule has 5 aliphatic rings. The van der Waals surface area contributed by atoms with Crippen LogP contribution in [0.4, 0.5) is 13.2 Å². The van der Waals surface area contributed by atoms with Crippen LogP contribution < -0.4 is 0 Å². The van der Waals surface area contributed by atoms with Gasteiger partial charge in [0.25, 0.3) is 0 Å². The average molecular weight is 614 g/mol. The number of halogens is 3. The third-order valence-electron chi connectivity index (χ3n) is 11.1. The third-order valence-corrected chi connectivity index (χ3v) is 13.9. The van der Waals surface area contributed by atoms with Gasteiger partial charge in [-0.05, 0) is 67.7 Å². The Kier molecular flexibility index (Phi) is 6.84. The second-order valence-electron chi connectivity index (χ2n) is 12.5. The second-order valence-corrected chi connectivity index (χ2v) is 15.7. The molecule has 1 N–H and O–H groups in total. The second kappa shape index (κ2) is 9.44. The minimum atomic E-state index is -2.27. The first-order valence-corrected chi connectivity index (χ1v) is 16.6. The third kappa shape index (κ3) is 3.48. The first-order chi connectivity index (χ1) is 18.8. The lowest BCUT2D eigenvalue weighted by atomic mass is 9.40. The molecule has 0 amide bonds. The molecular formula is C29H34F3NO4S3. The van der Waals surface area contributed by atoms with E-state index in [-0.39, 0.29) is 18.4 Å². The molecule has 5 nitrogen and oxygen atoms in total. The van der Waals surface area contributed by atoms with Gasteiger partial charge in [-0.2, -0.15) is 5.06 Å². The summed E-state index contributed by atoms with van der Waals surface area (Å²) in [6, 6.07) is 3.12. The molecule has 0 bridgehead atoms. The van der Waals surface area contributed by atoms with Gasteiger partial charge in [-0.25, -0.2) is 13.2 Å². The van der Waals surface area contributed by atoms with Crippen LogP contribution in [-0.2, 0) is 21.0 Å². The number of thiophene rings is 1. The quantitative estimate of drug-likeness (QED) is 0.404. The van der Waals surface area contributed by atoms with Crippen molar-refractivity contribution in [1.82, 2.24) is 5.06 Å². The Morgan fingerprint density at radius 1 is 1.27 bits per heavy atom. The maximum absolute atomic E-state index is 17.7. The van der Waals surface area contributed by atoms with Gasteiger partial charge in [0, 0.05) is 34.1 Å². The van der Waals surface area contributed by atoms with Gasteiger partial charge in [0.15, 0.2) is 17.1 Å². The molecule has 3 saturated carbocycles. The Hall–Kier alpha value is -1.11. The summed E-state index contributed by atoms with van der Waals surface area (Å²) in [6.07, 6.45) is 2.74. The highest BCUT2D eigenvalue weighted by Gasteiger charge is 2.83. The summed E-state index contributed by atoms with van der Waals surface area (Å²) < 4.78 is 48.4. The van der Waals surface area contributed by atoms with Gasteiger partial charge in [0.05, 0.1) is 16.9 Å². The van der Waals surface area contributed by atoms with Crippen molar-refractivity contribution in [3.8, 4) is 0 Å². The zero-order valence-corrected chi connectivity index (χ0v) is 25.4. The molecule has 4 fully saturated rings. The number of hydrogen-bond acceptors (Lipinski definition) is 8. The van der Waals surface area contributed by atoms with Crippen LogP contribution in [0.25, 0.3) is 0 Å². The predicted molar refractivity (Wildman–Crippen MR) is 151 cm³/mol. The van der Waals surface area contributed by atoms with E-state index in [1.807, 2.05) is 32.2 Å². The first-order valence-electron chi connectivity index (χ1n) is 13.6. The molecule has 1 aromatic rings. The van der Waals surface area contributed by atoms with Crippen molar-refractivity contribution in [1.29, 1.82) is 0 Å². The molecule has 40 heavy (non-hydrogen) atoms. The van der Waals surface area contributed by atoms with Crippen molar-refractivity contribution in [2.24, 2.45) is 28.1 Å². The van der Waals surface area contributed by atoms with E-state index in [0.717, 1.165) is 9.09 Å². The number of alkyl halides is 3. The monoisotopic (exact) mass is 613 g/mol. The normalized spacial score (nSPS) is 46.0. The zero-order valence-electron chi connectivity index (χ0n) is 22.9. The number of thioether (sulfide) groups is 2. The predicted octanol–water partition coefficient (Wildman–Crippen LogP) is 6.08. The minimum Gasteiger partial charge on any atom is -0.390 e. The number of rotatable bonds is 5. The molecule has 6 rings (SSSR count). The standard InChI is InChI=1S/C29H34F3NO4S3/c1-25-8-7-17(34)9-19(25)20(31)10-21-26(2)11-16-13-33(14-18-5-6-23(38-4)40-18)37-29(16,24(36)39-15-30)27(26,3)12-22(35)28(21,25)32/h5-9,16,20-22,35H,10-15H2,1-4H3/t16-,20-,21-,22-,25-,26-,27-,28-,29-/m0/s1. The van der Waals surface area contributed by atoms with Crippen LogP contribution >= 0.6 is 34.9 Å². The first kappa shape index (κ1) is 29.0. The van der Waals surface area contributed by atoms with Gasteiger partial charge in [0.1, 0.15) is 12.2 Å². The number of aliphatic hydroxyl groups excluding tert-OH is 1. The number of hydrogen-bond donors (Lipinski definition) is 1. The largest absolute Gasteiger partial charge is 0.390 e. The Morgan fingerprint density at radius 3 is 2.70 bits per heavy atom. The van der Waals surface area contributed by atoms with E-state index in [1.165, 1.54) is 18.2 Å². The maximum Gasteiger partial charge on any atom is 0.226 e. The Bertz CT molecular complexity index is 1320. The average Bonchev–Trinajstić information content (AvgIpc) is 3.55. The summed E-state index contributed by atoms with van der Waals surface area (Å²) >= 11 is 3.83. The van der Waals surface area contributed by atoms with Gasteiger partial charge < -0.3 is 5.11 Å². The van der Waals surface area contributed by atoms with E-state index in [4.69, 9.17) is 4.84 Å². The van der Waals surface area contributed by atoms with Crippen LogP contribution in [0.3, 0.4) is 0 Å². The lowest BCUT2D eigenvalue weighted by molar-refractivity contribution is -0.286. The molecule has 1 aromatic heterocycles. The number of hydroxylamine groups is 2. The Morgan fingerprint density at radius 2 is 2.02 bits per heavy atom. The number of carbonyl (C=O) groups is 2. The summed E-state index contributed by atoms with van der Waals surface area (Å²) in [5, 5.41) is 13.0. The van der Waals surface area contributed by atoms with Crippen LogP contribution in [0.1, 0.15) is 44.9 Å². The summed E-state index contributed by atoms with van der Waals surface area (Å²) in [5.74, 6) is -1.76. The van der Waals surface area contributed by atoms with E-state index in [2.05, 4.69) is 0 Å². The van der Waals surface area contributed by atoms with Gasteiger partial charge in [-0.3, -0.25) is 14.4 Å². The van der Waals surface area contributed by atoms with Gasteiger partial charge in [0.2, 0.25) is 5.12 Å². The van der Waals surface area contributed by atoms with Crippen molar-refractivity contribution < 1.29 is 32.7 Å². The molecule has 0 unspecified atom stereocenters. The molecule has 11 heteroatoms. The van der Waals surface area contributed by atoms with E-state index in [1.54, 1.807) is 35.1 Å². The topological polar surface area (TPSA) is 66.8 Å². The van der Waals surface area contributed by atoms with Crippen molar-refractivity contribution in [2.45, 2.75) is 74.3 Å². The molecule has 9 atom stereocenters. The van der Waals surface area contributed by atoms with Crippen LogP contribution in [-0.4, -0.2) is 63.4 Å². The highest BCUT2D eigenvalue weighted by molar-refractivity contribution is 8.13. The van der Waals surface area contributed by atoms with Crippen LogP contribution in [0.5, 0.6) is 0 Å². The fraction of sp³-hybridized carbons (Fsp3) is 0.655. The summed E-state index contributed by atoms with van der Waals surface area (Å²) in [7, 11) is 0. The minimum absolute atomic E-state index is 0.0601. The SMILES string of the molecule is CSc1ccc(CN2C[C@@H]3C[C@@]4(C)[C@@H]5C[C@H](F)C6=CC(=O)C=C[C@]6(C)[C@@]5(F)[C@@H](O)C[C@]4(C)[C@]3(C(=O)SCF)O2)s1. The fourth-order valence-corrected chi connectivity index (χ4v) is 11.4. The van der Waals surface area contributed by atoms with Crippen molar-refractivity contribution in [3.05, 3.63) is 40.8 Å². The summed E-state index contributed by atoms with van der Waals surface area (Å²) in [6.45, 7) is 6.13. The highest BCUT2D eigenvalue weighted by Crippen LogP contribution is 2.78. The smallest absolute Gasteiger partial charge is 0.226 e. The van der Waals surface area contributed by atoms with Crippen LogP contribution in [0.2, 0.25) is 0 Å². The number of carbonyl (C=O) groups excluding carboxylic acids is 2. The van der Waals surface area contributed by atoms with Crippen LogP contribution in [0, 0.1) is 28.1 Å². The number of ketones is 1. The van der Waals surface area contributed by atoms with Gasteiger partial charge >= 0.3 is 0 Å². The molecule has 4 aliphatic carbocycles. The lowest BCUT2D eigenvalue weighted by Crippen LogP contribution is -2.73. The zero-order chi connectivity index (χ0) is 28.9. The summed E-state index contributed by atoms with van der Waals surface area (Å²) in [5.41, 5.74) is -7.28. The number of fused-ring (bicyclic) bond motifs is 7. The molecule has 1 aliphatic heterocycles. The maximum atomic E-state index is 17.7. The Labute approximate surface area is 244 Å². The van der Waals surface area contributed by atoms with Crippen molar-refractivity contribution >= 4 is 45.8 Å². The van der Waals surface area contributed by atoms with Crippen LogP contribution in [0.15, 0.2) is 40.1 Å². The molecule has 0 radical (unpaired) electrons. The van der Waals surface area contributed by atoms with E-state index < -0.39 is 68.5 Å². The number of aliphatic hydroxyl groups is 1. The molecule has 1 saturated heterocycles. The van der Waals surface area contributed by atoms with Crippen molar-refractivity contribution in [2.75, 3.05) is 18.8 Å². The van der Waals surface area contributed by atoms with Gasteiger partial charge in [-0.15, -0.1) is 23.1 Å². The van der Waals surface area contributed by atoms with E-state index in [0.29, 0.717) is 31.3 Å². The molecule has 2 heterocycles. The lowest BCUT2D eigenvalue weighted by Gasteiger charge is -2.67. The molecule has 0 aromatic carbocycles. The van der Waals surface area contributed by atoms with E-state index in [9.17, 15) is 19.1 Å². The molecular weight excluding hydrogens is 580 g/mol. The fourth-order valence-electron chi connectivity index (χ4n) is 9.10. The van der Waals surface area contributed by atoms with E-state index >= 15 is 8.78 Å². The highest BCUT2D eigenvalue weighted by atomic mass is 32.2. The van der Waals surface area contributed by atoms with Gasteiger partial charge in [-0.1, -0.05) is 31.7 Å². The summed E-state index contributed by atoms with van der Waals surface area (Å²) in [4.78, 5) is 33.7. The van der Waals surface area contributed by atoms with Crippen molar-refractivity contribution in [3.63, 3.8) is 0 Å². The number of nitrogens with zero attached hydrogens (tertiary/aromatic N) is 1. The number of allylic oxidation sites excluding steroid dienone is 4.